The van der Waals surface area contributed by atoms with Crippen molar-refractivity contribution in [1.29, 1.82) is 0 Å². The Kier molecular flexibility index (Phi) is 3.14. The van der Waals surface area contributed by atoms with E-state index in [0.717, 1.165) is 12.3 Å². The Hall–Kier alpha value is -3.15. The zero-order valence-corrected chi connectivity index (χ0v) is 10.8. The average Bonchev–Trinajstić information content (AvgIpc) is 2.95. The minimum absolute atomic E-state index is 0.125. The summed E-state index contributed by atoms with van der Waals surface area (Å²) < 4.78 is 39.1. The zero-order chi connectivity index (χ0) is 15.7. The second kappa shape index (κ2) is 5.00. The van der Waals surface area contributed by atoms with Crippen molar-refractivity contribution in [2.45, 2.75) is 6.18 Å². The summed E-state index contributed by atoms with van der Waals surface area (Å²) in [4.78, 5) is 15.1. The molecule has 1 N–H and O–H groups in total. The third-order valence-corrected chi connectivity index (χ3v) is 2.81. The van der Waals surface area contributed by atoms with Gasteiger partial charge in [0.05, 0.1) is 5.56 Å². The second-order valence-corrected chi connectivity index (χ2v) is 4.27. The van der Waals surface area contributed by atoms with Gasteiger partial charge in [0.2, 0.25) is 5.65 Å². The highest BCUT2D eigenvalue weighted by Gasteiger charge is 2.30. The van der Waals surface area contributed by atoms with Crippen LogP contribution in [0.1, 0.15) is 5.56 Å². The van der Waals surface area contributed by atoms with Gasteiger partial charge in [0, 0.05) is 24.8 Å². The van der Waals surface area contributed by atoms with Crippen LogP contribution in [0.2, 0.25) is 0 Å². The third-order valence-electron chi connectivity index (χ3n) is 2.81. The van der Waals surface area contributed by atoms with E-state index in [1.807, 2.05) is 0 Å². The van der Waals surface area contributed by atoms with Crippen LogP contribution in [0.3, 0.4) is 0 Å². The first-order valence-electron chi connectivity index (χ1n) is 5.99. The SMILES string of the molecule is [C-]#[N+]c1cn2ccnc2c(Nc2ccc(C(F)(F)F)cn2)n1. The lowest BCUT2D eigenvalue weighted by Gasteiger charge is -2.07. The fourth-order valence-electron chi connectivity index (χ4n) is 1.81. The fourth-order valence-corrected chi connectivity index (χ4v) is 1.81. The summed E-state index contributed by atoms with van der Waals surface area (Å²) >= 11 is 0. The van der Waals surface area contributed by atoms with Gasteiger partial charge in [0.15, 0.2) is 0 Å². The maximum Gasteiger partial charge on any atom is 0.417 e. The van der Waals surface area contributed by atoms with Crippen LogP contribution >= 0.6 is 0 Å². The molecule has 0 radical (unpaired) electrons. The van der Waals surface area contributed by atoms with Crippen LogP contribution in [0.5, 0.6) is 0 Å². The minimum Gasteiger partial charge on any atom is -0.359 e. The number of rotatable bonds is 2. The molecule has 3 aromatic rings. The summed E-state index contributed by atoms with van der Waals surface area (Å²) in [6, 6.07) is 2.10. The lowest BCUT2D eigenvalue weighted by molar-refractivity contribution is -0.137. The summed E-state index contributed by atoms with van der Waals surface area (Å²) in [7, 11) is 0. The van der Waals surface area contributed by atoms with Crippen LogP contribution in [0.25, 0.3) is 10.5 Å². The van der Waals surface area contributed by atoms with Crippen molar-refractivity contribution in [2.75, 3.05) is 5.32 Å². The number of aromatic nitrogens is 4. The summed E-state index contributed by atoms with van der Waals surface area (Å²) in [6.45, 7) is 7.01. The van der Waals surface area contributed by atoms with Crippen molar-refractivity contribution >= 4 is 23.1 Å². The maximum absolute atomic E-state index is 12.5. The highest BCUT2D eigenvalue weighted by atomic mass is 19.4. The number of pyridine rings is 1. The van der Waals surface area contributed by atoms with Crippen molar-refractivity contribution < 1.29 is 13.2 Å². The Morgan fingerprint density at radius 1 is 1.23 bits per heavy atom. The quantitative estimate of drug-likeness (QED) is 0.737. The van der Waals surface area contributed by atoms with Gasteiger partial charge in [-0.15, -0.1) is 0 Å². The third kappa shape index (κ3) is 2.54. The molecule has 0 unspecified atom stereocenters. The number of nitrogens with zero attached hydrogens (tertiary/aromatic N) is 5. The van der Waals surface area contributed by atoms with Gasteiger partial charge in [-0.2, -0.15) is 13.2 Å². The number of nitrogens with one attached hydrogen (secondary N) is 1. The molecule has 0 atom stereocenters. The highest BCUT2D eigenvalue weighted by Crippen LogP contribution is 2.29. The molecule has 0 saturated heterocycles. The standard InChI is InChI=1S/C13H7F3N6/c1-17-10-7-22-5-4-18-12(22)11(21-10)20-9-3-2-8(6-19-9)13(14,15)16/h2-7H,(H,19,20,21). The number of hydrogen-bond donors (Lipinski definition) is 1. The summed E-state index contributed by atoms with van der Waals surface area (Å²) in [6.07, 6.45) is 0.946. The van der Waals surface area contributed by atoms with E-state index in [1.54, 1.807) is 10.6 Å². The van der Waals surface area contributed by atoms with Crippen molar-refractivity contribution in [1.82, 2.24) is 19.4 Å². The fraction of sp³-hybridized carbons (Fsp3) is 0.0769. The van der Waals surface area contributed by atoms with E-state index in [9.17, 15) is 13.2 Å². The van der Waals surface area contributed by atoms with Gasteiger partial charge in [-0.25, -0.2) is 9.97 Å². The van der Waals surface area contributed by atoms with Crippen LogP contribution < -0.4 is 5.32 Å². The van der Waals surface area contributed by atoms with Crippen LogP contribution in [0.4, 0.5) is 30.6 Å². The lowest BCUT2D eigenvalue weighted by atomic mass is 10.3. The number of imidazole rings is 1. The van der Waals surface area contributed by atoms with E-state index in [2.05, 4.69) is 25.1 Å². The highest BCUT2D eigenvalue weighted by molar-refractivity contribution is 5.70. The largest absolute Gasteiger partial charge is 0.417 e. The predicted octanol–water partition coefficient (Wildman–Crippen LogP) is 3.44. The molecule has 0 fully saturated rings. The molecule has 0 saturated carbocycles. The normalized spacial score (nSPS) is 11.4. The molecule has 3 rings (SSSR count). The average molecular weight is 304 g/mol. The Balaban J connectivity index is 1.96. The molecular weight excluding hydrogens is 297 g/mol. The smallest absolute Gasteiger partial charge is 0.359 e. The second-order valence-electron chi connectivity index (χ2n) is 4.27. The van der Waals surface area contributed by atoms with Crippen LogP contribution in [-0.4, -0.2) is 19.4 Å². The van der Waals surface area contributed by atoms with Crippen LogP contribution in [0.15, 0.2) is 36.9 Å². The van der Waals surface area contributed by atoms with E-state index in [0.29, 0.717) is 5.65 Å². The Morgan fingerprint density at radius 3 is 2.68 bits per heavy atom. The van der Waals surface area contributed by atoms with E-state index >= 15 is 0 Å². The Morgan fingerprint density at radius 2 is 2.05 bits per heavy atom. The zero-order valence-electron chi connectivity index (χ0n) is 10.8. The molecule has 0 aliphatic rings. The van der Waals surface area contributed by atoms with Crippen LogP contribution in [-0.2, 0) is 6.18 Å². The molecule has 110 valence electrons. The molecule has 0 aliphatic carbocycles. The van der Waals surface area contributed by atoms with Gasteiger partial charge in [-0.1, -0.05) is 11.6 Å². The maximum atomic E-state index is 12.5. The van der Waals surface area contributed by atoms with Crippen molar-refractivity contribution in [2.24, 2.45) is 0 Å². The van der Waals surface area contributed by atoms with Gasteiger partial charge >= 0.3 is 6.18 Å². The van der Waals surface area contributed by atoms with Gasteiger partial charge in [-0.3, -0.25) is 0 Å². The topological polar surface area (TPSA) is 59.5 Å². The van der Waals surface area contributed by atoms with Gasteiger partial charge in [-0.05, 0) is 12.1 Å². The molecule has 0 aliphatic heterocycles. The molecular formula is C13H7F3N6. The molecule has 6 nitrogen and oxygen atoms in total. The van der Waals surface area contributed by atoms with E-state index in [1.165, 1.54) is 18.5 Å². The number of fused-ring (bicyclic) bond motifs is 1. The molecule has 0 spiro atoms. The molecule has 0 aromatic carbocycles. The molecule has 9 heteroatoms. The minimum atomic E-state index is -4.44. The molecule has 3 heterocycles. The molecule has 0 bridgehead atoms. The first kappa shape index (κ1) is 13.8. The van der Waals surface area contributed by atoms with Gasteiger partial charge < -0.3 is 14.6 Å². The van der Waals surface area contributed by atoms with Crippen LogP contribution in [0, 0.1) is 6.57 Å². The first-order chi connectivity index (χ1) is 10.5. The van der Waals surface area contributed by atoms with Crippen molar-refractivity contribution in [3.8, 4) is 0 Å². The van der Waals surface area contributed by atoms with Crippen molar-refractivity contribution in [3.63, 3.8) is 0 Å². The van der Waals surface area contributed by atoms with E-state index in [-0.39, 0.29) is 17.5 Å². The summed E-state index contributed by atoms with van der Waals surface area (Å²) in [5, 5.41) is 2.77. The number of alkyl halides is 3. The first-order valence-corrected chi connectivity index (χ1v) is 5.99. The summed E-state index contributed by atoms with van der Waals surface area (Å²) in [5.41, 5.74) is -0.402. The molecule has 22 heavy (non-hydrogen) atoms. The van der Waals surface area contributed by atoms with Gasteiger partial charge in [0.25, 0.3) is 11.6 Å². The molecule has 0 amide bonds. The Labute approximate surface area is 122 Å². The number of halogens is 3. The predicted molar refractivity (Wildman–Crippen MR) is 71.8 cm³/mol. The summed E-state index contributed by atoms with van der Waals surface area (Å²) in [5.74, 6) is 0.540. The monoisotopic (exact) mass is 304 g/mol. The lowest BCUT2D eigenvalue weighted by Crippen LogP contribution is -2.06. The molecule has 3 aromatic heterocycles. The number of anilines is 2. The van der Waals surface area contributed by atoms with Crippen molar-refractivity contribution in [3.05, 3.63) is 53.9 Å². The Bertz CT molecular complexity index is 860. The number of hydrogen-bond acceptors (Lipinski definition) is 4. The van der Waals surface area contributed by atoms with E-state index in [4.69, 9.17) is 6.57 Å². The van der Waals surface area contributed by atoms with E-state index < -0.39 is 11.7 Å². The van der Waals surface area contributed by atoms with Gasteiger partial charge in [0.1, 0.15) is 5.82 Å².